The lowest BCUT2D eigenvalue weighted by atomic mass is 10.1. The Balaban J connectivity index is 1.53. The predicted molar refractivity (Wildman–Crippen MR) is 102 cm³/mol. The van der Waals surface area contributed by atoms with Crippen LogP contribution < -0.4 is 10.6 Å². The number of aromatic nitrogens is 2. The zero-order chi connectivity index (χ0) is 17.5. The third kappa shape index (κ3) is 5.12. The molecule has 0 atom stereocenters. The van der Waals surface area contributed by atoms with Crippen LogP contribution in [0, 0.1) is 0 Å². The van der Waals surface area contributed by atoms with Gasteiger partial charge in [0.2, 0.25) is 0 Å². The van der Waals surface area contributed by atoms with Crippen molar-refractivity contribution in [3.63, 3.8) is 0 Å². The van der Waals surface area contributed by atoms with Crippen molar-refractivity contribution in [2.24, 2.45) is 0 Å². The first-order valence-electron chi connectivity index (χ1n) is 7.89. The molecule has 0 aliphatic rings. The van der Waals surface area contributed by atoms with Gasteiger partial charge < -0.3 is 10.6 Å². The Labute approximate surface area is 154 Å². The van der Waals surface area contributed by atoms with Gasteiger partial charge in [-0.05, 0) is 42.3 Å². The number of nitrogens with one attached hydrogen (secondary N) is 2. The molecule has 2 N–H and O–H groups in total. The molecule has 3 aromatic rings. The first kappa shape index (κ1) is 17.1. The van der Waals surface area contributed by atoms with Crippen LogP contribution >= 0.6 is 15.9 Å². The maximum absolute atomic E-state index is 12.1. The molecule has 0 bridgehead atoms. The number of halogens is 1. The van der Waals surface area contributed by atoms with Gasteiger partial charge in [-0.1, -0.05) is 52.3 Å². The van der Waals surface area contributed by atoms with E-state index in [1.54, 1.807) is 12.1 Å². The van der Waals surface area contributed by atoms with Gasteiger partial charge in [0.1, 0.15) is 0 Å². The Morgan fingerprint density at radius 1 is 0.960 bits per heavy atom. The lowest BCUT2D eigenvalue weighted by Gasteiger charge is -2.07. The standard InChI is InChI=1S/C19H17BrN4O/c20-15-7-4-8-16(13-15)22-18-10-9-17(23-24-18)19(25)21-12-11-14-5-2-1-3-6-14/h1-10,13H,11-12H2,(H,21,25)(H,22,24). The molecule has 2 aromatic carbocycles. The molecule has 0 radical (unpaired) electrons. The molecule has 0 fully saturated rings. The van der Waals surface area contributed by atoms with E-state index >= 15 is 0 Å². The third-order valence-electron chi connectivity index (χ3n) is 3.54. The lowest BCUT2D eigenvalue weighted by Crippen LogP contribution is -2.26. The number of carbonyl (C=O) groups is 1. The van der Waals surface area contributed by atoms with E-state index in [2.05, 4.69) is 36.8 Å². The van der Waals surface area contributed by atoms with Crippen molar-refractivity contribution in [1.82, 2.24) is 15.5 Å². The smallest absolute Gasteiger partial charge is 0.271 e. The minimum atomic E-state index is -0.225. The predicted octanol–water partition coefficient (Wildman–Crippen LogP) is 3.96. The van der Waals surface area contributed by atoms with Crippen molar-refractivity contribution in [2.45, 2.75) is 6.42 Å². The van der Waals surface area contributed by atoms with Crippen molar-refractivity contribution in [3.05, 3.63) is 82.5 Å². The number of carbonyl (C=O) groups excluding carboxylic acids is 1. The SMILES string of the molecule is O=C(NCCc1ccccc1)c1ccc(Nc2cccc(Br)c2)nn1. The zero-order valence-corrected chi connectivity index (χ0v) is 15.0. The van der Waals surface area contributed by atoms with Crippen LogP contribution in [0.4, 0.5) is 11.5 Å². The normalized spacial score (nSPS) is 10.3. The van der Waals surface area contributed by atoms with E-state index in [4.69, 9.17) is 0 Å². The van der Waals surface area contributed by atoms with Crippen LogP contribution in [0.3, 0.4) is 0 Å². The summed E-state index contributed by atoms with van der Waals surface area (Å²) in [7, 11) is 0. The molecule has 126 valence electrons. The van der Waals surface area contributed by atoms with Crippen LogP contribution in [0.2, 0.25) is 0 Å². The van der Waals surface area contributed by atoms with Gasteiger partial charge in [-0.2, -0.15) is 0 Å². The Morgan fingerprint density at radius 3 is 2.52 bits per heavy atom. The van der Waals surface area contributed by atoms with E-state index in [0.717, 1.165) is 16.6 Å². The highest BCUT2D eigenvalue weighted by molar-refractivity contribution is 9.10. The fraction of sp³-hybridized carbons (Fsp3) is 0.105. The maximum atomic E-state index is 12.1. The largest absolute Gasteiger partial charge is 0.350 e. The molecule has 1 amide bonds. The number of nitrogens with zero attached hydrogens (tertiary/aromatic N) is 2. The molecule has 0 aliphatic carbocycles. The summed E-state index contributed by atoms with van der Waals surface area (Å²) in [4.78, 5) is 12.1. The first-order valence-corrected chi connectivity index (χ1v) is 8.68. The van der Waals surface area contributed by atoms with E-state index in [9.17, 15) is 4.79 Å². The van der Waals surface area contributed by atoms with E-state index in [1.807, 2.05) is 54.6 Å². The van der Waals surface area contributed by atoms with E-state index in [-0.39, 0.29) is 5.91 Å². The third-order valence-corrected chi connectivity index (χ3v) is 4.03. The van der Waals surface area contributed by atoms with Gasteiger partial charge in [-0.3, -0.25) is 4.79 Å². The number of rotatable bonds is 6. The summed E-state index contributed by atoms with van der Waals surface area (Å²) < 4.78 is 0.972. The second kappa shape index (κ2) is 8.39. The van der Waals surface area contributed by atoms with Crippen LogP contribution in [0.1, 0.15) is 16.1 Å². The number of anilines is 2. The molecule has 0 spiro atoms. The van der Waals surface area contributed by atoms with Gasteiger partial charge in [0.15, 0.2) is 11.5 Å². The summed E-state index contributed by atoms with van der Waals surface area (Å²) in [6.07, 6.45) is 0.780. The molecule has 0 aliphatic heterocycles. The number of hydrogen-bond acceptors (Lipinski definition) is 4. The molecule has 25 heavy (non-hydrogen) atoms. The van der Waals surface area contributed by atoms with E-state index < -0.39 is 0 Å². The van der Waals surface area contributed by atoms with Crippen LogP contribution in [0.25, 0.3) is 0 Å². The second-order valence-electron chi connectivity index (χ2n) is 5.43. The molecule has 1 heterocycles. The second-order valence-corrected chi connectivity index (χ2v) is 6.35. The Morgan fingerprint density at radius 2 is 1.80 bits per heavy atom. The van der Waals surface area contributed by atoms with Crippen molar-refractivity contribution < 1.29 is 4.79 Å². The van der Waals surface area contributed by atoms with Crippen LogP contribution in [-0.4, -0.2) is 22.6 Å². The van der Waals surface area contributed by atoms with E-state index in [1.165, 1.54) is 5.56 Å². The minimum Gasteiger partial charge on any atom is -0.350 e. The molecule has 0 saturated carbocycles. The van der Waals surface area contributed by atoms with Gasteiger partial charge in [-0.15, -0.1) is 10.2 Å². The summed E-state index contributed by atoms with van der Waals surface area (Å²) in [5.41, 5.74) is 2.37. The Bertz CT molecular complexity index is 838. The quantitative estimate of drug-likeness (QED) is 0.661. The number of hydrogen-bond donors (Lipinski definition) is 2. The molecule has 1 aromatic heterocycles. The fourth-order valence-corrected chi connectivity index (χ4v) is 2.69. The topological polar surface area (TPSA) is 66.9 Å². The summed E-state index contributed by atoms with van der Waals surface area (Å²) in [5, 5.41) is 14.0. The van der Waals surface area contributed by atoms with Gasteiger partial charge in [0, 0.05) is 16.7 Å². The van der Waals surface area contributed by atoms with Crippen LogP contribution in [-0.2, 0) is 6.42 Å². The summed E-state index contributed by atoms with van der Waals surface area (Å²) in [5.74, 6) is 0.358. The van der Waals surface area contributed by atoms with Crippen molar-refractivity contribution >= 4 is 33.3 Å². The van der Waals surface area contributed by atoms with Crippen LogP contribution in [0.5, 0.6) is 0 Å². The van der Waals surface area contributed by atoms with Crippen molar-refractivity contribution in [3.8, 4) is 0 Å². The summed E-state index contributed by atoms with van der Waals surface area (Å²) >= 11 is 3.42. The number of amides is 1. The van der Waals surface area contributed by atoms with Gasteiger partial charge >= 0.3 is 0 Å². The average Bonchev–Trinajstić information content (AvgIpc) is 2.63. The monoisotopic (exact) mass is 396 g/mol. The molecule has 0 unspecified atom stereocenters. The zero-order valence-electron chi connectivity index (χ0n) is 13.4. The molecule has 5 nitrogen and oxygen atoms in total. The van der Waals surface area contributed by atoms with Crippen molar-refractivity contribution in [2.75, 3.05) is 11.9 Å². The Kier molecular flexibility index (Phi) is 5.74. The summed E-state index contributed by atoms with van der Waals surface area (Å²) in [6.45, 7) is 0.558. The molecular weight excluding hydrogens is 380 g/mol. The molecule has 3 rings (SSSR count). The highest BCUT2D eigenvalue weighted by Crippen LogP contribution is 2.18. The van der Waals surface area contributed by atoms with Crippen molar-refractivity contribution in [1.29, 1.82) is 0 Å². The minimum absolute atomic E-state index is 0.225. The molecule has 6 heteroatoms. The van der Waals surface area contributed by atoms with E-state index in [0.29, 0.717) is 18.1 Å². The highest BCUT2D eigenvalue weighted by atomic mass is 79.9. The first-order chi connectivity index (χ1) is 12.2. The van der Waals surface area contributed by atoms with Crippen LogP contribution in [0.15, 0.2) is 71.2 Å². The van der Waals surface area contributed by atoms with Gasteiger partial charge in [0.25, 0.3) is 5.91 Å². The average molecular weight is 397 g/mol. The maximum Gasteiger partial charge on any atom is 0.271 e. The van der Waals surface area contributed by atoms with Gasteiger partial charge in [-0.25, -0.2) is 0 Å². The van der Waals surface area contributed by atoms with Gasteiger partial charge in [0.05, 0.1) is 0 Å². The molecule has 0 saturated heterocycles. The summed E-state index contributed by atoms with van der Waals surface area (Å²) in [6, 6.07) is 21.1. The lowest BCUT2D eigenvalue weighted by molar-refractivity contribution is 0.0948. The molecular formula is C19H17BrN4O. The number of benzene rings is 2. The fourth-order valence-electron chi connectivity index (χ4n) is 2.29. The highest BCUT2D eigenvalue weighted by Gasteiger charge is 2.08. The Hall–Kier alpha value is -2.73.